The van der Waals surface area contributed by atoms with Crippen LogP contribution in [0.25, 0.3) is 11.3 Å². The van der Waals surface area contributed by atoms with E-state index in [4.69, 9.17) is 16.3 Å². The number of methoxy groups -OCH3 is 1. The number of carbonyl (C=O) groups is 1. The van der Waals surface area contributed by atoms with E-state index >= 15 is 0 Å². The molecule has 1 saturated heterocycles. The highest BCUT2D eigenvalue weighted by Gasteiger charge is 2.35. The summed E-state index contributed by atoms with van der Waals surface area (Å²) in [6.07, 6.45) is 7.44. The number of rotatable bonds is 6. The molecule has 1 aliphatic heterocycles. The van der Waals surface area contributed by atoms with Crippen molar-refractivity contribution in [3.8, 4) is 17.1 Å². The normalized spacial score (nSPS) is 21.5. The van der Waals surface area contributed by atoms with E-state index in [-0.39, 0.29) is 11.4 Å². The molecule has 180 valence electrons. The number of nitrogens with zero attached hydrogens (tertiary/aromatic N) is 1. The number of nitrogens with one attached hydrogen (secondary N) is 1. The van der Waals surface area contributed by atoms with Crippen molar-refractivity contribution in [2.75, 3.05) is 7.11 Å². The fourth-order valence-corrected chi connectivity index (χ4v) is 5.38. The average Bonchev–Trinajstić information content (AvgIpc) is 3.37. The Bertz CT molecular complexity index is 994. The molecule has 1 unspecified atom stereocenters. The van der Waals surface area contributed by atoms with Gasteiger partial charge in [-0.05, 0) is 84.0 Å². The first-order valence-electron chi connectivity index (χ1n) is 12.0. The first kappa shape index (κ1) is 26.0. The number of aryl methyl sites for hydroxylation is 1. The molecule has 0 bridgehead atoms. The van der Waals surface area contributed by atoms with Crippen LogP contribution in [0.15, 0.2) is 28.7 Å². The lowest BCUT2D eigenvalue weighted by Gasteiger charge is -2.28. The second kappa shape index (κ2) is 11.2. The summed E-state index contributed by atoms with van der Waals surface area (Å²) in [6, 6.07) is 8.03. The number of amides is 1. The Hall–Kier alpha value is -1.59. The van der Waals surface area contributed by atoms with Crippen LogP contribution in [0.3, 0.4) is 0 Å². The lowest BCUT2D eigenvalue weighted by Crippen LogP contribution is -2.41. The van der Waals surface area contributed by atoms with Gasteiger partial charge in [0.15, 0.2) is 0 Å². The Labute approximate surface area is 212 Å². The first-order valence-corrected chi connectivity index (χ1v) is 13.2. The van der Waals surface area contributed by atoms with Gasteiger partial charge < -0.3 is 10.1 Å². The number of carbonyl (C=O) groups excluding carboxylic acids is 1. The molecular formula is C27H36BrClN2O2. The van der Waals surface area contributed by atoms with Gasteiger partial charge in [0.05, 0.1) is 17.8 Å². The van der Waals surface area contributed by atoms with Gasteiger partial charge in [-0.3, -0.25) is 4.79 Å². The Kier molecular flexibility index (Phi) is 8.85. The molecule has 0 radical (unpaired) electrons. The van der Waals surface area contributed by atoms with Crippen LogP contribution < -0.4 is 10.1 Å². The van der Waals surface area contributed by atoms with Crippen molar-refractivity contribution < 1.29 is 9.53 Å². The number of halogens is 2. The van der Waals surface area contributed by atoms with Crippen LogP contribution in [0.1, 0.15) is 83.3 Å². The van der Waals surface area contributed by atoms with Crippen molar-refractivity contribution in [1.82, 2.24) is 10.3 Å². The molecule has 4 rings (SSSR count). The van der Waals surface area contributed by atoms with Gasteiger partial charge in [-0.25, -0.2) is 4.98 Å². The predicted molar refractivity (Wildman–Crippen MR) is 140 cm³/mol. The molecular weight excluding hydrogens is 500 g/mol. The molecule has 1 aliphatic carbocycles. The van der Waals surface area contributed by atoms with E-state index in [2.05, 4.69) is 60.0 Å². The average molecular weight is 536 g/mol. The number of pyridine rings is 1. The molecule has 0 spiro atoms. The molecule has 2 heterocycles. The molecule has 2 aromatic rings. The van der Waals surface area contributed by atoms with E-state index in [0.29, 0.717) is 10.9 Å². The number of aromatic nitrogens is 1. The van der Waals surface area contributed by atoms with Gasteiger partial charge in [0.1, 0.15) is 0 Å². The van der Waals surface area contributed by atoms with Crippen LogP contribution in [0.2, 0.25) is 5.02 Å². The van der Waals surface area contributed by atoms with Gasteiger partial charge in [-0.15, -0.1) is 0 Å². The third-order valence-electron chi connectivity index (χ3n) is 6.98. The minimum atomic E-state index is 0.140. The summed E-state index contributed by atoms with van der Waals surface area (Å²) in [5, 5.41) is 3.82. The standard InChI is InChI=1S/C16H15BrClNO.C11H21NO/c1-9-6-7-10-8-13(19-16(20-2)14(9)10)11-4-3-5-12(17)15(11)18;1-4-11(7-5-9(2)3)8-6-10(13)12-11/h3-5,8-9H,6-7H2,1-2H3;9H,4-8H2,1-3H3,(H,12,13)/t9-;/m1./s1. The lowest BCUT2D eigenvalue weighted by molar-refractivity contribution is -0.119. The van der Waals surface area contributed by atoms with Gasteiger partial charge >= 0.3 is 0 Å². The van der Waals surface area contributed by atoms with Crippen LogP contribution >= 0.6 is 27.5 Å². The summed E-state index contributed by atoms with van der Waals surface area (Å²) in [5.41, 5.74) is 4.53. The van der Waals surface area contributed by atoms with E-state index in [0.717, 1.165) is 66.1 Å². The molecule has 1 amide bonds. The third-order valence-corrected chi connectivity index (χ3v) is 8.28. The lowest BCUT2D eigenvalue weighted by atomic mass is 9.86. The van der Waals surface area contributed by atoms with E-state index in [1.165, 1.54) is 17.5 Å². The van der Waals surface area contributed by atoms with Gasteiger partial charge in [0, 0.05) is 27.6 Å². The molecule has 1 fully saturated rings. The molecule has 6 heteroatoms. The van der Waals surface area contributed by atoms with Crippen LogP contribution in [0.5, 0.6) is 5.88 Å². The summed E-state index contributed by atoms with van der Waals surface area (Å²) in [6.45, 7) is 8.87. The maximum atomic E-state index is 11.2. The summed E-state index contributed by atoms with van der Waals surface area (Å²) in [7, 11) is 1.68. The van der Waals surface area contributed by atoms with Gasteiger partial charge in [-0.2, -0.15) is 0 Å². The fraction of sp³-hybridized carbons (Fsp3) is 0.556. The fourth-order valence-electron chi connectivity index (χ4n) is 4.80. The molecule has 33 heavy (non-hydrogen) atoms. The summed E-state index contributed by atoms with van der Waals surface area (Å²) < 4.78 is 6.37. The monoisotopic (exact) mass is 534 g/mol. The Morgan fingerprint density at radius 1 is 1.33 bits per heavy atom. The summed E-state index contributed by atoms with van der Waals surface area (Å²) in [5.74, 6) is 2.23. The number of hydrogen-bond acceptors (Lipinski definition) is 3. The summed E-state index contributed by atoms with van der Waals surface area (Å²) in [4.78, 5) is 15.8. The largest absolute Gasteiger partial charge is 0.481 e. The quantitative estimate of drug-likeness (QED) is 0.412. The number of fused-ring (bicyclic) bond motifs is 1. The van der Waals surface area contributed by atoms with Gasteiger partial charge in [0.25, 0.3) is 0 Å². The topological polar surface area (TPSA) is 51.2 Å². The molecule has 0 saturated carbocycles. The van der Waals surface area contributed by atoms with Crippen molar-refractivity contribution in [3.63, 3.8) is 0 Å². The highest BCUT2D eigenvalue weighted by molar-refractivity contribution is 9.10. The third kappa shape index (κ3) is 6.10. The number of benzene rings is 1. The number of hydrogen-bond donors (Lipinski definition) is 1. The highest BCUT2D eigenvalue weighted by Crippen LogP contribution is 2.41. The summed E-state index contributed by atoms with van der Waals surface area (Å²) >= 11 is 9.84. The zero-order valence-corrected chi connectivity index (χ0v) is 22.8. The first-order chi connectivity index (χ1) is 15.7. The Morgan fingerprint density at radius 2 is 2.09 bits per heavy atom. The maximum absolute atomic E-state index is 11.2. The van der Waals surface area contributed by atoms with Gasteiger partial charge in [0.2, 0.25) is 11.8 Å². The van der Waals surface area contributed by atoms with E-state index in [1.807, 2.05) is 18.2 Å². The van der Waals surface area contributed by atoms with E-state index in [9.17, 15) is 4.79 Å². The molecule has 4 nitrogen and oxygen atoms in total. The molecule has 2 aliphatic rings. The molecule has 1 aromatic heterocycles. The van der Waals surface area contributed by atoms with Crippen LogP contribution in [0, 0.1) is 5.92 Å². The molecule has 1 aromatic carbocycles. The van der Waals surface area contributed by atoms with Crippen molar-refractivity contribution in [3.05, 3.63) is 44.9 Å². The number of ether oxygens (including phenoxy) is 1. The zero-order chi connectivity index (χ0) is 24.2. The minimum Gasteiger partial charge on any atom is -0.481 e. The highest BCUT2D eigenvalue weighted by atomic mass is 79.9. The van der Waals surface area contributed by atoms with Crippen molar-refractivity contribution in [2.45, 2.75) is 84.1 Å². The minimum absolute atomic E-state index is 0.140. The predicted octanol–water partition coefficient (Wildman–Crippen LogP) is 7.70. The maximum Gasteiger partial charge on any atom is 0.220 e. The van der Waals surface area contributed by atoms with E-state index in [1.54, 1.807) is 7.11 Å². The Balaban J connectivity index is 0.000000205. The Morgan fingerprint density at radius 3 is 2.70 bits per heavy atom. The molecule has 2 atom stereocenters. The van der Waals surface area contributed by atoms with Crippen molar-refractivity contribution >= 4 is 33.4 Å². The second-order valence-corrected chi connectivity index (χ2v) is 11.0. The second-order valence-electron chi connectivity index (χ2n) is 9.75. The zero-order valence-electron chi connectivity index (χ0n) is 20.4. The van der Waals surface area contributed by atoms with E-state index < -0.39 is 0 Å². The van der Waals surface area contributed by atoms with Crippen LogP contribution in [-0.2, 0) is 11.2 Å². The SMILES string of the molecule is CCC1(CCC(C)C)CCC(=O)N1.COc1nc(-c2cccc(Br)c2Cl)cc2c1[C@H](C)CC2. The molecule has 1 N–H and O–H groups in total. The smallest absolute Gasteiger partial charge is 0.220 e. The van der Waals surface area contributed by atoms with Crippen LogP contribution in [-0.4, -0.2) is 23.5 Å². The van der Waals surface area contributed by atoms with Crippen molar-refractivity contribution in [2.24, 2.45) is 5.92 Å². The van der Waals surface area contributed by atoms with Gasteiger partial charge in [-0.1, -0.05) is 51.4 Å². The van der Waals surface area contributed by atoms with Crippen molar-refractivity contribution in [1.29, 1.82) is 0 Å². The van der Waals surface area contributed by atoms with Crippen LogP contribution in [0.4, 0.5) is 0 Å².